The first kappa shape index (κ1) is 16.1. The first-order valence-corrected chi connectivity index (χ1v) is 7.37. The van der Waals surface area contributed by atoms with E-state index in [2.05, 4.69) is 31.4 Å². The molecule has 0 aromatic carbocycles. The third kappa shape index (κ3) is 3.50. The fraction of sp³-hybridized carbons (Fsp3) is 0.417. The van der Waals surface area contributed by atoms with E-state index in [0.29, 0.717) is 12.2 Å². The van der Waals surface area contributed by atoms with Crippen LogP contribution in [0, 0.1) is 17.0 Å². The Balaban J connectivity index is 2.02. The maximum absolute atomic E-state index is 12.0. The summed E-state index contributed by atoms with van der Waals surface area (Å²) in [6.07, 6.45) is 1.66. The standard InChI is InChI=1S/C12H15BrN6O3/c1-3-17-10(9(13)5-15-17)6-14-11(20)7-18-12(19(21)22)4-8(2)16-18/h4-5H,3,6-7H2,1-2H3,(H,14,20). The van der Waals surface area contributed by atoms with E-state index in [1.807, 2.05) is 6.92 Å². The van der Waals surface area contributed by atoms with Crippen molar-refractivity contribution in [2.24, 2.45) is 0 Å². The van der Waals surface area contributed by atoms with Crippen LogP contribution in [0.4, 0.5) is 5.82 Å². The van der Waals surface area contributed by atoms with Gasteiger partial charge in [0.25, 0.3) is 5.91 Å². The predicted octanol–water partition coefficient (Wildman–Crippen LogP) is 1.40. The third-order valence-electron chi connectivity index (χ3n) is 3.01. The van der Waals surface area contributed by atoms with Crippen molar-refractivity contribution in [1.82, 2.24) is 24.9 Å². The molecule has 0 spiro atoms. The molecule has 0 aliphatic rings. The van der Waals surface area contributed by atoms with Crippen molar-refractivity contribution in [3.8, 4) is 0 Å². The van der Waals surface area contributed by atoms with Gasteiger partial charge in [-0.15, -0.1) is 4.68 Å². The number of amides is 1. The second-order valence-corrected chi connectivity index (χ2v) is 5.44. The Bertz CT molecular complexity index is 708. The van der Waals surface area contributed by atoms with Crippen molar-refractivity contribution < 1.29 is 9.72 Å². The maximum atomic E-state index is 12.0. The summed E-state index contributed by atoms with van der Waals surface area (Å²) in [6, 6.07) is 1.33. The molecule has 9 nitrogen and oxygen atoms in total. The molecule has 2 aromatic heterocycles. The first-order valence-electron chi connectivity index (χ1n) is 6.58. The number of hydrogen-bond acceptors (Lipinski definition) is 5. The number of hydrogen-bond donors (Lipinski definition) is 1. The molecule has 1 N–H and O–H groups in total. The molecule has 0 saturated carbocycles. The fourth-order valence-electron chi connectivity index (χ4n) is 2.01. The van der Waals surface area contributed by atoms with Gasteiger partial charge in [0.2, 0.25) is 0 Å². The van der Waals surface area contributed by atoms with E-state index in [1.54, 1.807) is 17.8 Å². The van der Waals surface area contributed by atoms with E-state index in [1.165, 1.54) is 6.07 Å². The number of carbonyl (C=O) groups excluding carboxylic acids is 1. The van der Waals surface area contributed by atoms with Gasteiger partial charge in [-0.05, 0) is 34.7 Å². The van der Waals surface area contributed by atoms with Crippen molar-refractivity contribution in [1.29, 1.82) is 0 Å². The highest BCUT2D eigenvalue weighted by atomic mass is 79.9. The molecule has 2 heterocycles. The molecule has 0 radical (unpaired) electrons. The van der Waals surface area contributed by atoms with Crippen LogP contribution in [0.3, 0.4) is 0 Å². The van der Waals surface area contributed by atoms with Crippen molar-refractivity contribution in [3.63, 3.8) is 0 Å². The molecule has 22 heavy (non-hydrogen) atoms. The zero-order valence-corrected chi connectivity index (χ0v) is 13.7. The zero-order valence-electron chi connectivity index (χ0n) is 12.1. The second kappa shape index (κ2) is 6.69. The largest absolute Gasteiger partial charge is 0.358 e. The van der Waals surface area contributed by atoms with E-state index in [0.717, 1.165) is 14.8 Å². The van der Waals surface area contributed by atoms with Crippen molar-refractivity contribution >= 4 is 27.7 Å². The number of nitro groups is 1. The van der Waals surface area contributed by atoms with Gasteiger partial charge in [-0.1, -0.05) is 5.10 Å². The molecule has 0 saturated heterocycles. The van der Waals surface area contributed by atoms with Gasteiger partial charge < -0.3 is 15.4 Å². The van der Waals surface area contributed by atoms with Gasteiger partial charge in [0, 0.05) is 6.54 Å². The zero-order chi connectivity index (χ0) is 16.3. The number of halogens is 1. The van der Waals surface area contributed by atoms with Gasteiger partial charge in [-0.25, -0.2) is 0 Å². The van der Waals surface area contributed by atoms with Crippen LogP contribution in [0.25, 0.3) is 0 Å². The van der Waals surface area contributed by atoms with Gasteiger partial charge in [-0.3, -0.25) is 9.48 Å². The number of rotatable bonds is 6. The molecule has 2 rings (SSSR count). The summed E-state index contributed by atoms with van der Waals surface area (Å²) in [4.78, 5) is 22.3. The van der Waals surface area contributed by atoms with Gasteiger partial charge in [0.05, 0.1) is 34.7 Å². The fourth-order valence-corrected chi connectivity index (χ4v) is 2.44. The summed E-state index contributed by atoms with van der Waals surface area (Å²) in [5, 5.41) is 21.7. The molecule has 0 atom stereocenters. The Labute approximate surface area is 134 Å². The van der Waals surface area contributed by atoms with Gasteiger partial charge in [0.1, 0.15) is 0 Å². The van der Waals surface area contributed by atoms with Crippen molar-refractivity contribution in [3.05, 3.63) is 38.2 Å². The maximum Gasteiger partial charge on any atom is 0.345 e. The quantitative estimate of drug-likeness (QED) is 0.610. The van der Waals surface area contributed by atoms with Gasteiger partial charge in [-0.2, -0.15) is 5.10 Å². The summed E-state index contributed by atoms with van der Waals surface area (Å²) in [6.45, 7) is 4.34. The summed E-state index contributed by atoms with van der Waals surface area (Å²) < 4.78 is 3.64. The molecule has 0 bridgehead atoms. The van der Waals surface area contributed by atoms with Crippen LogP contribution in [0.2, 0.25) is 0 Å². The Morgan fingerprint density at radius 1 is 1.50 bits per heavy atom. The lowest BCUT2D eigenvalue weighted by Gasteiger charge is -2.07. The van der Waals surface area contributed by atoms with Crippen LogP contribution in [0.1, 0.15) is 18.3 Å². The normalized spacial score (nSPS) is 10.7. The summed E-state index contributed by atoms with van der Waals surface area (Å²) in [5.74, 6) is -0.561. The Hall–Kier alpha value is -2.23. The molecular formula is C12H15BrN6O3. The van der Waals surface area contributed by atoms with E-state index < -0.39 is 4.92 Å². The topological polar surface area (TPSA) is 108 Å². The lowest BCUT2D eigenvalue weighted by molar-refractivity contribution is -0.392. The first-order chi connectivity index (χ1) is 10.4. The summed E-state index contributed by atoms with van der Waals surface area (Å²) in [5.41, 5.74) is 1.33. The molecule has 0 unspecified atom stereocenters. The highest BCUT2D eigenvalue weighted by Crippen LogP contribution is 2.16. The Kier molecular flexibility index (Phi) is 4.91. The predicted molar refractivity (Wildman–Crippen MR) is 81.1 cm³/mol. The molecule has 1 amide bonds. The summed E-state index contributed by atoms with van der Waals surface area (Å²) in [7, 11) is 0. The van der Waals surface area contributed by atoms with Crippen LogP contribution in [0.5, 0.6) is 0 Å². The van der Waals surface area contributed by atoms with Gasteiger partial charge in [0.15, 0.2) is 6.54 Å². The summed E-state index contributed by atoms with van der Waals surface area (Å²) >= 11 is 3.37. The second-order valence-electron chi connectivity index (χ2n) is 4.59. The van der Waals surface area contributed by atoms with Crippen LogP contribution in [-0.2, 0) is 24.4 Å². The minimum absolute atomic E-state index is 0.201. The molecule has 118 valence electrons. The molecule has 0 aliphatic carbocycles. The Morgan fingerprint density at radius 3 is 2.86 bits per heavy atom. The van der Waals surface area contributed by atoms with Crippen molar-refractivity contribution in [2.45, 2.75) is 33.5 Å². The minimum atomic E-state index is -0.560. The average Bonchev–Trinajstić information content (AvgIpc) is 2.99. The van der Waals surface area contributed by atoms with Gasteiger partial charge >= 0.3 is 5.82 Å². The van der Waals surface area contributed by atoms with E-state index in [-0.39, 0.29) is 24.8 Å². The van der Waals surface area contributed by atoms with Crippen LogP contribution < -0.4 is 5.32 Å². The van der Waals surface area contributed by atoms with E-state index in [9.17, 15) is 14.9 Å². The number of nitrogens with zero attached hydrogens (tertiary/aromatic N) is 5. The Morgan fingerprint density at radius 2 is 2.23 bits per heavy atom. The molecule has 2 aromatic rings. The van der Waals surface area contributed by atoms with E-state index >= 15 is 0 Å². The lowest BCUT2D eigenvalue weighted by Crippen LogP contribution is -2.29. The highest BCUT2D eigenvalue weighted by Gasteiger charge is 2.19. The van der Waals surface area contributed by atoms with Crippen LogP contribution >= 0.6 is 15.9 Å². The number of nitrogens with one attached hydrogen (secondary N) is 1. The molecule has 10 heteroatoms. The monoisotopic (exact) mass is 370 g/mol. The van der Waals surface area contributed by atoms with Crippen molar-refractivity contribution in [2.75, 3.05) is 0 Å². The molecule has 0 fully saturated rings. The number of aromatic nitrogens is 4. The lowest BCUT2D eigenvalue weighted by atomic mass is 10.4. The SMILES string of the molecule is CCn1ncc(Br)c1CNC(=O)Cn1nc(C)cc1[N+](=O)[O-]. The third-order valence-corrected chi connectivity index (χ3v) is 3.67. The smallest absolute Gasteiger partial charge is 0.345 e. The number of aryl methyl sites for hydroxylation is 2. The average molecular weight is 371 g/mol. The van der Waals surface area contributed by atoms with Crippen LogP contribution in [-0.4, -0.2) is 30.4 Å². The molecule has 0 aliphatic heterocycles. The highest BCUT2D eigenvalue weighted by molar-refractivity contribution is 9.10. The molecular weight excluding hydrogens is 356 g/mol. The number of carbonyl (C=O) groups is 1. The van der Waals surface area contributed by atoms with Crippen LogP contribution in [0.15, 0.2) is 16.7 Å². The minimum Gasteiger partial charge on any atom is -0.358 e. The van der Waals surface area contributed by atoms with E-state index in [4.69, 9.17) is 0 Å².